The lowest BCUT2D eigenvalue weighted by molar-refractivity contribution is 0.0633. The van der Waals surface area contributed by atoms with E-state index in [0.717, 1.165) is 18.4 Å². The summed E-state index contributed by atoms with van der Waals surface area (Å²) in [6.07, 6.45) is 5.28. The fourth-order valence-corrected chi connectivity index (χ4v) is 2.58. The highest BCUT2D eigenvalue weighted by Crippen LogP contribution is 2.38. The number of nitrogens with one attached hydrogen (secondary N) is 1. The number of hydrogen-bond donors (Lipinski definition) is 1. The summed E-state index contributed by atoms with van der Waals surface area (Å²) in [7, 11) is 0. The van der Waals surface area contributed by atoms with Gasteiger partial charge in [-0.05, 0) is 51.2 Å². The van der Waals surface area contributed by atoms with Crippen LogP contribution in [-0.4, -0.2) is 23.0 Å². The minimum absolute atomic E-state index is 0.0718. The molecular formula is C17H20N2O4. The third-order valence-electron chi connectivity index (χ3n) is 3.89. The average molecular weight is 316 g/mol. The van der Waals surface area contributed by atoms with E-state index in [1.807, 2.05) is 6.07 Å². The van der Waals surface area contributed by atoms with Crippen LogP contribution in [0.15, 0.2) is 16.7 Å². The predicted octanol–water partition coefficient (Wildman–Crippen LogP) is 4.25. The Balaban J connectivity index is 1.90. The SMILES string of the molecule is CC(C)(C)OC(=O)Nc1oc2cc(C3CCC3)cnc2c1C=O. The fraction of sp³-hybridized carbons (Fsp3) is 0.471. The molecule has 23 heavy (non-hydrogen) atoms. The first kappa shape index (κ1) is 15.5. The molecule has 122 valence electrons. The molecule has 6 heteroatoms. The molecule has 0 saturated heterocycles. The van der Waals surface area contributed by atoms with Crippen LogP contribution in [0.2, 0.25) is 0 Å². The average Bonchev–Trinajstić information content (AvgIpc) is 2.70. The number of carbonyl (C=O) groups excluding carboxylic acids is 2. The Morgan fingerprint density at radius 3 is 2.74 bits per heavy atom. The number of carbonyl (C=O) groups is 2. The number of nitrogens with zero attached hydrogens (tertiary/aromatic N) is 1. The number of amides is 1. The standard InChI is InChI=1S/C17H20N2O4/c1-17(2,3)23-16(21)19-15-12(9-20)14-13(22-15)7-11(8-18-14)10-5-4-6-10/h7-10H,4-6H2,1-3H3,(H,19,21). The molecule has 1 fully saturated rings. The maximum Gasteiger partial charge on any atom is 0.414 e. The molecule has 2 aromatic heterocycles. The minimum Gasteiger partial charge on any atom is -0.444 e. The van der Waals surface area contributed by atoms with E-state index in [4.69, 9.17) is 9.15 Å². The first-order valence-corrected chi connectivity index (χ1v) is 7.75. The molecular weight excluding hydrogens is 296 g/mol. The van der Waals surface area contributed by atoms with Crippen LogP contribution in [0.5, 0.6) is 0 Å². The number of fused-ring (bicyclic) bond motifs is 1. The molecule has 0 unspecified atom stereocenters. The molecule has 0 aromatic carbocycles. The highest BCUT2D eigenvalue weighted by molar-refractivity contribution is 6.02. The number of aldehydes is 1. The van der Waals surface area contributed by atoms with Crippen molar-refractivity contribution < 1.29 is 18.7 Å². The van der Waals surface area contributed by atoms with Gasteiger partial charge in [0.05, 0.1) is 0 Å². The smallest absolute Gasteiger partial charge is 0.414 e. The van der Waals surface area contributed by atoms with Crippen LogP contribution in [0, 0.1) is 0 Å². The second kappa shape index (κ2) is 5.68. The highest BCUT2D eigenvalue weighted by Gasteiger charge is 2.24. The second-order valence-electron chi connectivity index (χ2n) is 6.83. The van der Waals surface area contributed by atoms with Crippen LogP contribution in [0.4, 0.5) is 10.7 Å². The topological polar surface area (TPSA) is 81.4 Å². The van der Waals surface area contributed by atoms with Gasteiger partial charge in [0.2, 0.25) is 5.88 Å². The lowest BCUT2D eigenvalue weighted by Gasteiger charge is -2.25. The number of pyridine rings is 1. The Hall–Kier alpha value is -2.37. The number of hydrogen-bond acceptors (Lipinski definition) is 5. The molecule has 0 bridgehead atoms. The van der Waals surface area contributed by atoms with Crippen molar-refractivity contribution in [1.82, 2.24) is 4.98 Å². The minimum atomic E-state index is -0.668. The van der Waals surface area contributed by atoms with E-state index in [1.54, 1.807) is 27.0 Å². The number of aromatic nitrogens is 1. The number of furan rings is 1. The van der Waals surface area contributed by atoms with Gasteiger partial charge >= 0.3 is 6.09 Å². The van der Waals surface area contributed by atoms with E-state index in [2.05, 4.69) is 10.3 Å². The van der Waals surface area contributed by atoms with Crippen molar-refractivity contribution in [3.8, 4) is 0 Å². The Morgan fingerprint density at radius 2 is 2.17 bits per heavy atom. The van der Waals surface area contributed by atoms with Gasteiger partial charge in [-0.25, -0.2) is 4.79 Å². The predicted molar refractivity (Wildman–Crippen MR) is 85.8 cm³/mol. The van der Waals surface area contributed by atoms with E-state index >= 15 is 0 Å². The molecule has 3 rings (SSSR count). The van der Waals surface area contributed by atoms with Crippen LogP contribution in [-0.2, 0) is 4.74 Å². The number of rotatable bonds is 3. The third kappa shape index (κ3) is 3.21. The summed E-state index contributed by atoms with van der Waals surface area (Å²) >= 11 is 0. The van der Waals surface area contributed by atoms with Crippen molar-refractivity contribution >= 4 is 29.4 Å². The van der Waals surface area contributed by atoms with Crippen molar-refractivity contribution in [3.05, 3.63) is 23.4 Å². The molecule has 1 aliphatic carbocycles. The van der Waals surface area contributed by atoms with Gasteiger partial charge in [0.25, 0.3) is 0 Å². The summed E-state index contributed by atoms with van der Waals surface area (Å²) in [6.45, 7) is 5.29. The lowest BCUT2D eigenvalue weighted by atomic mass is 9.81. The zero-order chi connectivity index (χ0) is 16.6. The van der Waals surface area contributed by atoms with E-state index in [0.29, 0.717) is 23.3 Å². The highest BCUT2D eigenvalue weighted by atomic mass is 16.6. The van der Waals surface area contributed by atoms with Crippen LogP contribution in [0.25, 0.3) is 11.1 Å². The zero-order valence-corrected chi connectivity index (χ0v) is 13.5. The fourth-order valence-electron chi connectivity index (χ4n) is 2.58. The normalized spacial score (nSPS) is 15.3. The van der Waals surface area contributed by atoms with Gasteiger partial charge in [-0.15, -0.1) is 0 Å². The molecule has 6 nitrogen and oxygen atoms in total. The van der Waals surface area contributed by atoms with Crippen LogP contribution < -0.4 is 5.32 Å². The molecule has 2 aromatic rings. The molecule has 2 heterocycles. The quantitative estimate of drug-likeness (QED) is 0.856. The summed E-state index contributed by atoms with van der Waals surface area (Å²) in [5.74, 6) is 0.585. The van der Waals surface area contributed by atoms with Crippen LogP contribution in [0.3, 0.4) is 0 Å². The van der Waals surface area contributed by atoms with Crippen molar-refractivity contribution in [2.45, 2.75) is 51.6 Å². The molecule has 0 aliphatic heterocycles. The van der Waals surface area contributed by atoms with E-state index in [9.17, 15) is 9.59 Å². The molecule has 1 N–H and O–H groups in total. The molecule has 0 spiro atoms. The molecule has 0 atom stereocenters. The summed E-state index contributed by atoms with van der Waals surface area (Å²) in [6, 6.07) is 1.90. The largest absolute Gasteiger partial charge is 0.444 e. The van der Waals surface area contributed by atoms with Gasteiger partial charge in [0.1, 0.15) is 16.7 Å². The van der Waals surface area contributed by atoms with Gasteiger partial charge in [0.15, 0.2) is 11.9 Å². The summed E-state index contributed by atoms with van der Waals surface area (Å²) in [4.78, 5) is 27.6. The molecule has 0 radical (unpaired) electrons. The summed E-state index contributed by atoms with van der Waals surface area (Å²) < 4.78 is 10.8. The van der Waals surface area contributed by atoms with Crippen LogP contribution in [0.1, 0.15) is 61.9 Å². The first-order valence-electron chi connectivity index (χ1n) is 7.75. The van der Waals surface area contributed by atoms with Crippen molar-refractivity contribution in [2.24, 2.45) is 0 Å². The zero-order valence-electron chi connectivity index (χ0n) is 13.5. The first-order chi connectivity index (χ1) is 10.9. The Labute approximate surface area is 134 Å². The Bertz CT molecular complexity index is 754. The summed E-state index contributed by atoms with van der Waals surface area (Å²) in [5, 5.41) is 2.49. The number of anilines is 1. The Morgan fingerprint density at radius 1 is 1.43 bits per heavy atom. The van der Waals surface area contributed by atoms with E-state index < -0.39 is 11.7 Å². The van der Waals surface area contributed by atoms with Gasteiger partial charge < -0.3 is 9.15 Å². The van der Waals surface area contributed by atoms with Gasteiger partial charge in [-0.1, -0.05) is 6.42 Å². The molecule has 1 saturated carbocycles. The summed E-state index contributed by atoms with van der Waals surface area (Å²) in [5.41, 5.74) is 1.66. The van der Waals surface area contributed by atoms with Gasteiger partial charge in [-0.3, -0.25) is 15.1 Å². The Kier molecular flexibility index (Phi) is 3.83. The maximum absolute atomic E-state index is 11.9. The van der Waals surface area contributed by atoms with Crippen molar-refractivity contribution in [3.63, 3.8) is 0 Å². The van der Waals surface area contributed by atoms with Crippen molar-refractivity contribution in [2.75, 3.05) is 5.32 Å². The van der Waals surface area contributed by atoms with E-state index in [-0.39, 0.29) is 11.4 Å². The van der Waals surface area contributed by atoms with E-state index in [1.165, 1.54) is 6.42 Å². The van der Waals surface area contributed by atoms with Crippen LogP contribution >= 0.6 is 0 Å². The monoisotopic (exact) mass is 316 g/mol. The van der Waals surface area contributed by atoms with Gasteiger partial charge in [-0.2, -0.15) is 0 Å². The molecule has 1 aliphatic rings. The number of ether oxygens (including phenoxy) is 1. The lowest BCUT2D eigenvalue weighted by Crippen LogP contribution is -2.27. The molecule has 1 amide bonds. The maximum atomic E-state index is 11.9. The van der Waals surface area contributed by atoms with Crippen molar-refractivity contribution in [1.29, 1.82) is 0 Å². The van der Waals surface area contributed by atoms with Gasteiger partial charge in [0, 0.05) is 6.20 Å². The second-order valence-corrected chi connectivity index (χ2v) is 6.83. The third-order valence-corrected chi connectivity index (χ3v) is 3.89.